The zero-order valence-electron chi connectivity index (χ0n) is 10.1. The number of nitrogens with one attached hydrogen (secondary N) is 1. The summed E-state index contributed by atoms with van der Waals surface area (Å²) in [5, 5.41) is 11.5. The van der Waals surface area contributed by atoms with Crippen LogP contribution in [-0.4, -0.2) is 17.0 Å². The minimum Gasteiger partial charge on any atom is -0.478 e. The maximum absolute atomic E-state index is 11.9. The highest BCUT2D eigenvalue weighted by Crippen LogP contribution is 2.19. The van der Waals surface area contributed by atoms with Crippen LogP contribution in [0.25, 0.3) is 0 Å². The third kappa shape index (κ3) is 2.74. The number of carbonyl (C=O) groups excluding carboxylic acids is 1. The molecule has 1 heterocycles. The lowest BCUT2D eigenvalue weighted by molar-refractivity contribution is 0.0696. The van der Waals surface area contributed by atoms with Crippen LogP contribution in [0.15, 0.2) is 34.7 Å². The second-order valence-corrected chi connectivity index (χ2v) is 3.99. The van der Waals surface area contributed by atoms with E-state index in [-0.39, 0.29) is 17.2 Å². The Morgan fingerprint density at radius 2 is 2.00 bits per heavy atom. The first kappa shape index (κ1) is 12.7. The van der Waals surface area contributed by atoms with E-state index in [1.54, 1.807) is 13.0 Å². The average Bonchev–Trinajstić information content (AvgIpc) is 2.78. The van der Waals surface area contributed by atoms with Gasteiger partial charge in [-0.25, -0.2) is 4.79 Å². The molecular weight excluding hydrogens is 248 g/mol. The predicted molar refractivity (Wildman–Crippen MR) is 69.2 cm³/mol. The number of nitrogens with two attached hydrogens (primary N) is 1. The van der Waals surface area contributed by atoms with Crippen molar-refractivity contribution in [2.24, 2.45) is 0 Å². The summed E-state index contributed by atoms with van der Waals surface area (Å²) in [5.41, 5.74) is 6.64. The summed E-state index contributed by atoms with van der Waals surface area (Å²) in [4.78, 5) is 22.7. The molecule has 19 heavy (non-hydrogen) atoms. The molecule has 2 aromatic rings. The van der Waals surface area contributed by atoms with Crippen molar-refractivity contribution >= 4 is 23.4 Å². The summed E-state index contributed by atoms with van der Waals surface area (Å²) in [6.07, 6.45) is 0. The van der Waals surface area contributed by atoms with Crippen LogP contribution in [0.2, 0.25) is 0 Å². The summed E-state index contributed by atoms with van der Waals surface area (Å²) < 4.78 is 4.98. The quantitative estimate of drug-likeness (QED) is 0.783. The summed E-state index contributed by atoms with van der Waals surface area (Å²) in [7, 11) is 0. The lowest BCUT2D eigenvalue weighted by atomic mass is 10.1. The molecule has 1 amide bonds. The molecule has 0 unspecified atom stereocenters. The first-order chi connectivity index (χ1) is 8.97. The Balaban J connectivity index is 2.25. The van der Waals surface area contributed by atoms with Gasteiger partial charge in [0.2, 0.25) is 0 Å². The van der Waals surface area contributed by atoms with E-state index in [2.05, 4.69) is 5.32 Å². The van der Waals surface area contributed by atoms with E-state index in [0.29, 0.717) is 5.69 Å². The number of amides is 1. The van der Waals surface area contributed by atoms with Gasteiger partial charge >= 0.3 is 5.97 Å². The highest BCUT2D eigenvalue weighted by Gasteiger charge is 2.13. The summed E-state index contributed by atoms with van der Waals surface area (Å²) >= 11 is 0. The lowest BCUT2D eigenvalue weighted by Crippen LogP contribution is -2.12. The molecule has 1 aromatic carbocycles. The van der Waals surface area contributed by atoms with Crippen molar-refractivity contribution in [1.82, 2.24) is 0 Å². The van der Waals surface area contributed by atoms with Crippen LogP contribution < -0.4 is 11.1 Å². The molecule has 0 aliphatic rings. The van der Waals surface area contributed by atoms with Crippen molar-refractivity contribution in [1.29, 1.82) is 0 Å². The van der Waals surface area contributed by atoms with Gasteiger partial charge < -0.3 is 20.6 Å². The van der Waals surface area contributed by atoms with Crippen molar-refractivity contribution in [3.63, 3.8) is 0 Å². The molecule has 6 nitrogen and oxygen atoms in total. The van der Waals surface area contributed by atoms with Gasteiger partial charge in [-0.3, -0.25) is 4.79 Å². The molecule has 0 saturated heterocycles. The Labute approximate surface area is 108 Å². The van der Waals surface area contributed by atoms with Gasteiger partial charge in [0.25, 0.3) is 5.91 Å². The number of rotatable bonds is 3. The first-order valence-corrected chi connectivity index (χ1v) is 5.48. The third-order valence-corrected chi connectivity index (χ3v) is 2.58. The van der Waals surface area contributed by atoms with E-state index >= 15 is 0 Å². The first-order valence-electron chi connectivity index (χ1n) is 5.48. The van der Waals surface area contributed by atoms with Crippen LogP contribution in [0, 0.1) is 6.92 Å². The smallest absolute Gasteiger partial charge is 0.335 e. The highest BCUT2D eigenvalue weighted by atomic mass is 16.4. The van der Waals surface area contributed by atoms with E-state index < -0.39 is 11.9 Å². The average molecular weight is 260 g/mol. The standard InChI is InChI=1S/C13H12N2O4/c1-7-2-3-8(13(17)18)6-9(7)15-12(16)10-4-5-11(14)19-10/h2-6H,14H2,1H3,(H,15,16)(H,17,18). The summed E-state index contributed by atoms with van der Waals surface area (Å²) in [5.74, 6) is -1.33. The van der Waals surface area contributed by atoms with Crippen LogP contribution in [0.4, 0.5) is 11.6 Å². The van der Waals surface area contributed by atoms with Crippen molar-refractivity contribution in [2.75, 3.05) is 11.1 Å². The molecule has 0 spiro atoms. The molecule has 0 saturated carbocycles. The topological polar surface area (TPSA) is 106 Å². The van der Waals surface area contributed by atoms with E-state index in [9.17, 15) is 9.59 Å². The van der Waals surface area contributed by atoms with Crippen molar-refractivity contribution < 1.29 is 19.1 Å². The van der Waals surface area contributed by atoms with Gasteiger partial charge in [-0.1, -0.05) is 6.07 Å². The summed E-state index contributed by atoms with van der Waals surface area (Å²) in [6, 6.07) is 7.39. The molecule has 2 rings (SSSR count). The number of hydrogen-bond donors (Lipinski definition) is 3. The van der Waals surface area contributed by atoms with Crippen molar-refractivity contribution in [2.45, 2.75) is 6.92 Å². The number of furan rings is 1. The summed E-state index contributed by atoms with van der Waals surface area (Å²) in [6.45, 7) is 1.76. The Hall–Kier alpha value is -2.76. The largest absolute Gasteiger partial charge is 0.478 e. The van der Waals surface area contributed by atoms with E-state index in [1.165, 1.54) is 24.3 Å². The minimum absolute atomic E-state index is 0.0672. The SMILES string of the molecule is Cc1ccc(C(=O)O)cc1NC(=O)c1ccc(N)o1. The van der Waals surface area contributed by atoms with Crippen LogP contribution >= 0.6 is 0 Å². The number of carbonyl (C=O) groups is 2. The van der Waals surface area contributed by atoms with Gasteiger partial charge in [-0.15, -0.1) is 0 Å². The van der Waals surface area contributed by atoms with Crippen LogP contribution in [-0.2, 0) is 0 Å². The van der Waals surface area contributed by atoms with Gasteiger partial charge in [0.15, 0.2) is 11.6 Å². The number of aryl methyl sites for hydroxylation is 1. The number of carboxylic acid groups (broad SMARTS) is 1. The van der Waals surface area contributed by atoms with E-state index in [0.717, 1.165) is 5.56 Å². The van der Waals surface area contributed by atoms with Crippen LogP contribution in [0.1, 0.15) is 26.5 Å². The molecule has 0 atom stereocenters. The van der Waals surface area contributed by atoms with Gasteiger partial charge in [-0.05, 0) is 30.7 Å². The highest BCUT2D eigenvalue weighted by molar-refractivity contribution is 6.03. The Morgan fingerprint density at radius 3 is 2.58 bits per heavy atom. The van der Waals surface area contributed by atoms with Crippen molar-refractivity contribution in [3.8, 4) is 0 Å². The predicted octanol–water partition coefficient (Wildman–Crippen LogP) is 2.12. The number of hydrogen-bond acceptors (Lipinski definition) is 4. The van der Waals surface area contributed by atoms with Gasteiger partial charge in [0, 0.05) is 11.8 Å². The van der Waals surface area contributed by atoms with Crippen LogP contribution in [0.3, 0.4) is 0 Å². The molecule has 98 valence electrons. The Kier molecular flexibility index (Phi) is 3.24. The second kappa shape index (κ2) is 4.85. The molecular formula is C13H12N2O4. The van der Waals surface area contributed by atoms with E-state index in [4.69, 9.17) is 15.3 Å². The molecule has 0 radical (unpaired) electrons. The zero-order valence-corrected chi connectivity index (χ0v) is 10.1. The third-order valence-electron chi connectivity index (χ3n) is 2.58. The fraction of sp³-hybridized carbons (Fsp3) is 0.0769. The molecule has 0 bridgehead atoms. The zero-order chi connectivity index (χ0) is 14.0. The number of benzene rings is 1. The number of nitrogen functional groups attached to an aromatic ring is 1. The number of carboxylic acids is 1. The lowest BCUT2D eigenvalue weighted by Gasteiger charge is -2.08. The molecule has 0 aliphatic heterocycles. The maximum atomic E-state index is 11.9. The fourth-order valence-corrected chi connectivity index (χ4v) is 1.55. The van der Waals surface area contributed by atoms with Crippen molar-refractivity contribution in [3.05, 3.63) is 47.2 Å². The second-order valence-electron chi connectivity index (χ2n) is 3.99. The molecule has 1 aromatic heterocycles. The molecule has 4 N–H and O–H groups in total. The molecule has 0 aliphatic carbocycles. The Bertz CT molecular complexity index is 646. The van der Waals surface area contributed by atoms with E-state index in [1.807, 2.05) is 0 Å². The number of anilines is 2. The molecule has 6 heteroatoms. The fourth-order valence-electron chi connectivity index (χ4n) is 1.55. The monoisotopic (exact) mass is 260 g/mol. The van der Waals surface area contributed by atoms with Gasteiger partial charge in [-0.2, -0.15) is 0 Å². The van der Waals surface area contributed by atoms with Crippen LogP contribution in [0.5, 0.6) is 0 Å². The maximum Gasteiger partial charge on any atom is 0.335 e. The van der Waals surface area contributed by atoms with Gasteiger partial charge in [0.1, 0.15) is 0 Å². The molecule has 0 fully saturated rings. The number of aromatic carboxylic acids is 1. The Morgan fingerprint density at radius 1 is 1.26 bits per heavy atom. The normalized spacial score (nSPS) is 10.2. The van der Waals surface area contributed by atoms with Gasteiger partial charge in [0.05, 0.1) is 5.56 Å². The minimum atomic E-state index is -1.06.